The van der Waals surface area contributed by atoms with Gasteiger partial charge in [0.15, 0.2) is 0 Å². The number of benzene rings is 2. The summed E-state index contributed by atoms with van der Waals surface area (Å²) < 4.78 is 12.9. The molecule has 0 radical (unpaired) electrons. The molecule has 3 N–H and O–H groups in total. The summed E-state index contributed by atoms with van der Waals surface area (Å²) in [7, 11) is 0. The number of aromatic nitrogens is 2. The lowest BCUT2D eigenvalue weighted by Crippen LogP contribution is -2.07. The number of nitrogens with one attached hydrogen (secondary N) is 3. The van der Waals surface area contributed by atoms with Gasteiger partial charge in [0, 0.05) is 30.9 Å². The van der Waals surface area contributed by atoms with Crippen LogP contribution >= 0.6 is 0 Å². The number of anilines is 4. The smallest absolute Gasteiger partial charge is 0.221 e. The SMILES string of the molecule is CC(=O)Nc1ccc(Nc2cc(NCCc3ccc(F)cc3)ncn2)cc1. The Labute approximate surface area is 156 Å². The van der Waals surface area contributed by atoms with E-state index in [1.54, 1.807) is 12.1 Å². The van der Waals surface area contributed by atoms with Crippen molar-refractivity contribution >= 4 is 28.9 Å². The first-order valence-corrected chi connectivity index (χ1v) is 8.53. The maximum absolute atomic E-state index is 12.9. The maximum atomic E-state index is 12.9. The predicted octanol–water partition coefficient (Wildman–Crippen LogP) is 3.97. The predicted molar refractivity (Wildman–Crippen MR) is 105 cm³/mol. The molecule has 0 saturated heterocycles. The van der Waals surface area contributed by atoms with Crippen LogP contribution in [0.15, 0.2) is 60.9 Å². The summed E-state index contributed by atoms with van der Waals surface area (Å²) in [6, 6.07) is 15.6. The Morgan fingerprint density at radius 3 is 2.33 bits per heavy atom. The van der Waals surface area contributed by atoms with Gasteiger partial charge in [-0.3, -0.25) is 4.79 Å². The molecule has 3 aromatic rings. The van der Waals surface area contributed by atoms with E-state index >= 15 is 0 Å². The summed E-state index contributed by atoms with van der Waals surface area (Å²) in [6.07, 6.45) is 2.24. The zero-order chi connectivity index (χ0) is 19.1. The normalized spacial score (nSPS) is 10.3. The monoisotopic (exact) mass is 365 g/mol. The van der Waals surface area contributed by atoms with Crippen LogP contribution in [0, 0.1) is 5.82 Å². The van der Waals surface area contributed by atoms with Gasteiger partial charge < -0.3 is 16.0 Å². The van der Waals surface area contributed by atoms with Gasteiger partial charge in [-0.2, -0.15) is 0 Å². The third-order valence-electron chi connectivity index (χ3n) is 3.78. The molecule has 0 atom stereocenters. The maximum Gasteiger partial charge on any atom is 0.221 e. The Morgan fingerprint density at radius 1 is 0.963 bits per heavy atom. The Kier molecular flexibility index (Phi) is 5.94. The molecule has 6 nitrogen and oxygen atoms in total. The molecule has 1 amide bonds. The van der Waals surface area contributed by atoms with Crippen molar-refractivity contribution in [1.29, 1.82) is 0 Å². The summed E-state index contributed by atoms with van der Waals surface area (Å²) >= 11 is 0. The van der Waals surface area contributed by atoms with Gasteiger partial charge in [-0.05, 0) is 48.4 Å². The molecular weight excluding hydrogens is 345 g/mol. The van der Waals surface area contributed by atoms with E-state index in [-0.39, 0.29) is 11.7 Å². The minimum absolute atomic E-state index is 0.108. The topological polar surface area (TPSA) is 78.9 Å². The molecule has 3 rings (SSSR count). The molecule has 7 heteroatoms. The molecule has 0 spiro atoms. The second-order valence-electron chi connectivity index (χ2n) is 5.98. The average molecular weight is 365 g/mol. The quantitative estimate of drug-likeness (QED) is 0.590. The number of carbonyl (C=O) groups excluding carboxylic acids is 1. The van der Waals surface area contributed by atoms with Crippen LogP contribution in [0.3, 0.4) is 0 Å². The van der Waals surface area contributed by atoms with Crippen molar-refractivity contribution in [2.75, 3.05) is 22.5 Å². The summed E-state index contributed by atoms with van der Waals surface area (Å²) in [6.45, 7) is 2.14. The van der Waals surface area contributed by atoms with E-state index in [1.807, 2.05) is 30.3 Å². The van der Waals surface area contributed by atoms with Crippen molar-refractivity contribution in [1.82, 2.24) is 9.97 Å². The standard InChI is InChI=1S/C20H20FN5O/c1-14(27)25-17-6-8-18(9-7-17)26-20-12-19(23-13-24-20)22-11-10-15-2-4-16(21)5-3-15/h2-9,12-13H,10-11H2,1H3,(H,25,27)(H2,22,23,24,26). The lowest BCUT2D eigenvalue weighted by molar-refractivity contribution is -0.114. The summed E-state index contributed by atoms with van der Waals surface area (Å²) in [4.78, 5) is 19.5. The molecular formula is C20H20FN5O. The van der Waals surface area contributed by atoms with Crippen LogP contribution in [0.5, 0.6) is 0 Å². The van der Waals surface area contributed by atoms with E-state index in [1.165, 1.54) is 25.4 Å². The van der Waals surface area contributed by atoms with Crippen LogP contribution in [0.25, 0.3) is 0 Å². The van der Waals surface area contributed by atoms with Crippen molar-refractivity contribution in [2.24, 2.45) is 0 Å². The van der Waals surface area contributed by atoms with Gasteiger partial charge in [-0.15, -0.1) is 0 Å². The van der Waals surface area contributed by atoms with Gasteiger partial charge in [0.2, 0.25) is 5.91 Å². The van der Waals surface area contributed by atoms with Crippen LogP contribution in [-0.4, -0.2) is 22.4 Å². The first-order valence-electron chi connectivity index (χ1n) is 8.53. The lowest BCUT2D eigenvalue weighted by Gasteiger charge is -2.09. The summed E-state index contributed by atoms with van der Waals surface area (Å²) in [5.41, 5.74) is 2.63. The van der Waals surface area contributed by atoms with Crippen molar-refractivity contribution in [3.05, 3.63) is 72.3 Å². The zero-order valence-electron chi connectivity index (χ0n) is 14.9. The third kappa shape index (κ3) is 5.78. The van der Waals surface area contributed by atoms with Gasteiger partial charge in [-0.1, -0.05) is 12.1 Å². The Bertz CT molecular complexity index is 897. The van der Waals surface area contributed by atoms with E-state index in [0.717, 1.165) is 23.4 Å². The molecule has 0 aliphatic heterocycles. The number of halogens is 1. The fourth-order valence-corrected chi connectivity index (χ4v) is 2.50. The van der Waals surface area contributed by atoms with Crippen LogP contribution in [0.4, 0.5) is 27.4 Å². The highest BCUT2D eigenvalue weighted by molar-refractivity contribution is 5.88. The first kappa shape index (κ1) is 18.3. The van der Waals surface area contributed by atoms with Crippen LogP contribution in [0.1, 0.15) is 12.5 Å². The van der Waals surface area contributed by atoms with E-state index in [9.17, 15) is 9.18 Å². The Hall–Kier alpha value is -3.48. The van der Waals surface area contributed by atoms with Crippen LogP contribution in [-0.2, 0) is 11.2 Å². The number of carbonyl (C=O) groups is 1. The van der Waals surface area contributed by atoms with Gasteiger partial charge in [0.05, 0.1) is 0 Å². The van der Waals surface area contributed by atoms with E-state index in [4.69, 9.17) is 0 Å². The van der Waals surface area contributed by atoms with Crippen molar-refractivity contribution < 1.29 is 9.18 Å². The number of rotatable bonds is 7. The number of hydrogen-bond donors (Lipinski definition) is 3. The fourth-order valence-electron chi connectivity index (χ4n) is 2.50. The summed E-state index contributed by atoms with van der Waals surface area (Å²) in [5, 5.41) is 9.15. The second-order valence-corrected chi connectivity index (χ2v) is 5.98. The molecule has 1 heterocycles. The number of hydrogen-bond acceptors (Lipinski definition) is 5. The van der Waals surface area contributed by atoms with E-state index in [0.29, 0.717) is 18.2 Å². The van der Waals surface area contributed by atoms with Gasteiger partial charge in [-0.25, -0.2) is 14.4 Å². The summed E-state index contributed by atoms with van der Waals surface area (Å²) in [5.74, 6) is 1.01. The lowest BCUT2D eigenvalue weighted by atomic mass is 10.1. The fraction of sp³-hybridized carbons (Fsp3) is 0.150. The highest BCUT2D eigenvalue weighted by Gasteiger charge is 2.01. The molecule has 1 aromatic heterocycles. The minimum Gasteiger partial charge on any atom is -0.370 e. The zero-order valence-corrected chi connectivity index (χ0v) is 14.9. The Morgan fingerprint density at radius 2 is 1.63 bits per heavy atom. The molecule has 27 heavy (non-hydrogen) atoms. The average Bonchev–Trinajstić information content (AvgIpc) is 2.65. The first-order chi connectivity index (χ1) is 13.1. The molecule has 0 unspecified atom stereocenters. The number of amides is 1. The highest BCUT2D eigenvalue weighted by atomic mass is 19.1. The molecule has 138 valence electrons. The van der Waals surface area contributed by atoms with Crippen LogP contribution in [0.2, 0.25) is 0 Å². The Balaban J connectivity index is 1.55. The van der Waals surface area contributed by atoms with E-state index < -0.39 is 0 Å². The molecule has 0 aliphatic rings. The number of nitrogens with zero attached hydrogens (tertiary/aromatic N) is 2. The molecule has 0 aliphatic carbocycles. The second kappa shape index (κ2) is 8.75. The van der Waals surface area contributed by atoms with Crippen molar-refractivity contribution in [3.63, 3.8) is 0 Å². The molecule has 0 fully saturated rings. The van der Waals surface area contributed by atoms with Gasteiger partial charge in [0.1, 0.15) is 23.8 Å². The van der Waals surface area contributed by atoms with Crippen molar-refractivity contribution in [2.45, 2.75) is 13.3 Å². The van der Waals surface area contributed by atoms with E-state index in [2.05, 4.69) is 25.9 Å². The largest absolute Gasteiger partial charge is 0.370 e. The molecule has 2 aromatic carbocycles. The third-order valence-corrected chi connectivity index (χ3v) is 3.78. The minimum atomic E-state index is -0.233. The van der Waals surface area contributed by atoms with Gasteiger partial charge in [0.25, 0.3) is 0 Å². The highest BCUT2D eigenvalue weighted by Crippen LogP contribution is 2.18. The van der Waals surface area contributed by atoms with Crippen LogP contribution < -0.4 is 16.0 Å². The van der Waals surface area contributed by atoms with Gasteiger partial charge >= 0.3 is 0 Å². The molecule has 0 bridgehead atoms. The molecule has 0 saturated carbocycles. The van der Waals surface area contributed by atoms with Crippen molar-refractivity contribution in [3.8, 4) is 0 Å².